The van der Waals surface area contributed by atoms with Crippen molar-refractivity contribution in [2.45, 2.75) is 59.9 Å². The first kappa shape index (κ1) is 17.7. The molecule has 0 spiro atoms. The number of aromatic nitrogens is 2. The molecule has 21 heavy (non-hydrogen) atoms. The first-order valence-electron chi connectivity index (χ1n) is 7.95. The van der Waals surface area contributed by atoms with Crippen molar-refractivity contribution < 1.29 is 4.79 Å². The lowest BCUT2D eigenvalue weighted by atomic mass is 10.1. The molecule has 0 atom stereocenters. The van der Waals surface area contributed by atoms with Gasteiger partial charge in [0.15, 0.2) is 0 Å². The SMILES string of the molecule is Cc1nn(CC(C)C)c(C)c1CCC(=O)NCCCCN. The number of hydrogen-bond acceptors (Lipinski definition) is 3. The Balaban J connectivity index is 2.48. The Morgan fingerprint density at radius 1 is 1.33 bits per heavy atom. The van der Waals surface area contributed by atoms with Crippen LogP contribution in [0.3, 0.4) is 0 Å². The van der Waals surface area contributed by atoms with Crippen LogP contribution in [-0.4, -0.2) is 28.8 Å². The predicted molar refractivity (Wildman–Crippen MR) is 86.2 cm³/mol. The van der Waals surface area contributed by atoms with Crippen LogP contribution >= 0.6 is 0 Å². The highest BCUT2D eigenvalue weighted by molar-refractivity contribution is 5.76. The maximum Gasteiger partial charge on any atom is 0.220 e. The van der Waals surface area contributed by atoms with Gasteiger partial charge in [-0.05, 0) is 51.1 Å². The summed E-state index contributed by atoms with van der Waals surface area (Å²) in [6, 6.07) is 0. The standard InChI is InChI=1S/C16H30N4O/c1-12(2)11-20-14(4)15(13(3)19-20)7-8-16(21)18-10-6-5-9-17/h12H,5-11,17H2,1-4H3,(H,18,21). The zero-order chi connectivity index (χ0) is 15.8. The van der Waals surface area contributed by atoms with Crippen molar-refractivity contribution in [1.29, 1.82) is 0 Å². The predicted octanol–water partition coefficient (Wildman–Crippen LogP) is 1.94. The highest BCUT2D eigenvalue weighted by Gasteiger charge is 2.13. The molecule has 1 amide bonds. The van der Waals surface area contributed by atoms with E-state index in [2.05, 4.69) is 35.9 Å². The van der Waals surface area contributed by atoms with E-state index in [0.29, 0.717) is 18.9 Å². The van der Waals surface area contributed by atoms with E-state index >= 15 is 0 Å². The lowest BCUT2D eigenvalue weighted by molar-refractivity contribution is -0.121. The first-order valence-corrected chi connectivity index (χ1v) is 7.95. The number of nitrogens with two attached hydrogens (primary N) is 1. The fourth-order valence-electron chi connectivity index (χ4n) is 2.44. The number of carbonyl (C=O) groups is 1. The molecular weight excluding hydrogens is 264 g/mol. The van der Waals surface area contributed by atoms with Gasteiger partial charge in [-0.3, -0.25) is 9.48 Å². The van der Waals surface area contributed by atoms with Crippen molar-refractivity contribution in [2.24, 2.45) is 11.7 Å². The maximum atomic E-state index is 11.8. The Hall–Kier alpha value is -1.36. The summed E-state index contributed by atoms with van der Waals surface area (Å²) in [5, 5.41) is 7.53. The second-order valence-corrected chi connectivity index (χ2v) is 6.07. The van der Waals surface area contributed by atoms with E-state index in [0.717, 1.165) is 38.0 Å². The molecule has 120 valence electrons. The summed E-state index contributed by atoms with van der Waals surface area (Å²) >= 11 is 0. The van der Waals surface area contributed by atoms with E-state index in [1.165, 1.54) is 11.3 Å². The summed E-state index contributed by atoms with van der Waals surface area (Å²) in [5.41, 5.74) is 8.88. The van der Waals surface area contributed by atoms with Gasteiger partial charge in [-0.25, -0.2) is 0 Å². The van der Waals surface area contributed by atoms with Gasteiger partial charge in [-0.2, -0.15) is 5.10 Å². The molecule has 0 unspecified atom stereocenters. The number of rotatable bonds is 9. The third-order valence-electron chi connectivity index (χ3n) is 3.62. The third kappa shape index (κ3) is 5.87. The molecule has 0 bridgehead atoms. The molecule has 0 saturated carbocycles. The molecule has 5 heteroatoms. The lowest BCUT2D eigenvalue weighted by Crippen LogP contribution is -2.25. The van der Waals surface area contributed by atoms with Crippen molar-refractivity contribution in [1.82, 2.24) is 15.1 Å². The number of unbranched alkanes of at least 4 members (excludes halogenated alkanes) is 1. The van der Waals surface area contributed by atoms with E-state index in [1.807, 2.05) is 6.92 Å². The summed E-state index contributed by atoms with van der Waals surface area (Å²) in [5.74, 6) is 0.684. The number of aryl methyl sites for hydroxylation is 1. The van der Waals surface area contributed by atoms with E-state index in [9.17, 15) is 4.79 Å². The molecule has 1 heterocycles. The molecule has 0 aliphatic heterocycles. The molecule has 0 radical (unpaired) electrons. The number of nitrogens with zero attached hydrogens (tertiary/aromatic N) is 2. The molecule has 0 saturated heterocycles. The van der Waals surface area contributed by atoms with Crippen molar-refractivity contribution in [2.75, 3.05) is 13.1 Å². The molecule has 0 aromatic carbocycles. The molecule has 1 aromatic rings. The van der Waals surface area contributed by atoms with Gasteiger partial charge in [0, 0.05) is 25.2 Å². The highest BCUT2D eigenvalue weighted by atomic mass is 16.1. The van der Waals surface area contributed by atoms with Gasteiger partial charge in [-0.1, -0.05) is 13.8 Å². The summed E-state index contributed by atoms with van der Waals surface area (Å²) in [7, 11) is 0. The Labute approximate surface area is 128 Å². The van der Waals surface area contributed by atoms with Crippen molar-refractivity contribution in [3.05, 3.63) is 17.0 Å². The highest BCUT2D eigenvalue weighted by Crippen LogP contribution is 2.16. The number of nitrogens with one attached hydrogen (secondary N) is 1. The van der Waals surface area contributed by atoms with Gasteiger partial charge in [0.1, 0.15) is 0 Å². The molecule has 0 fully saturated rings. The van der Waals surface area contributed by atoms with Crippen LogP contribution in [0.4, 0.5) is 0 Å². The summed E-state index contributed by atoms with van der Waals surface area (Å²) < 4.78 is 2.06. The molecule has 5 nitrogen and oxygen atoms in total. The minimum Gasteiger partial charge on any atom is -0.356 e. The van der Waals surface area contributed by atoms with Gasteiger partial charge in [-0.15, -0.1) is 0 Å². The van der Waals surface area contributed by atoms with Gasteiger partial charge >= 0.3 is 0 Å². The van der Waals surface area contributed by atoms with Crippen LogP contribution in [0.2, 0.25) is 0 Å². The van der Waals surface area contributed by atoms with E-state index < -0.39 is 0 Å². The van der Waals surface area contributed by atoms with Crippen LogP contribution in [0.1, 0.15) is 50.1 Å². The van der Waals surface area contributed by atoms with Crippen LogP contribution < -0.4 is 11.1 Å². The van der Waals surface area contributed by atoms with Crippen LogP contribution in [0.25, 0.3) is 0 Å². The largest absolute Gasteiger partial charge is 0.356 e. The average molecular weight is 294 g/mol. The fourth-order valence-corrected chi connectivity index (χ4v) is 2.44. The van der Waals surface area contributed by atoms with Crippen molar-refractivity contribution in [3.63, 3.8) is 0 Å². The van der Waals surface area contributed by atoms with Gasteiger partial charge in [0.05, 0.1) is 5.69 Å². The minimum absolute atomic E-state index is 0.113. The van der Waals surface area contributed by atoms with Crippen molar-refractivity contribution >= 4 is 5.91 Å². The lowest BCUT2D eigenvalue weighted by Gasteiger charge is -2.08. The number of amides is 1. The quantitative estimate of drug-likeness (QED) is 0.684. The Kier molecular flexibility index (Phi) is 7.43. The monoisotopic (exact) mass is 294 g/mol. The number of hydrogen-bond donors (Lipinski definition) is 2. The zero-order valence-electron chi connectivity index (χ0n) is 13.9. The maximum absolute atomic E-state index is 11.8. The topological polar surface area (TPSA) is 72.9 Å². The van der Waals surface area contributed by atoms with E-state index in [4.69, 9.17) is 5.73 Å². The zero-order valence-corrected chi connectivity index (χ0v) is 13.9. The fraction of sp³-hybridized carbons (Fsp3) is 0.750. The summed E-state index contributed by atoms with van der Waals surface area (Å²) in [4.78, 5) is 11.8. The molecule has 0 aliphatic rings. The Morgan fingerprint density at radius 2 is 2.05 bits per heavy atom. The van der Waals surface area contributed by atoms with Gasteiger partial charge < -0.3 is 11.1 Å². The minimum atomic E-state index is 0.113. The van der Waals surface area contributed by atoms with Crippen LogP contribution in [0.5, 0.6) is 0 Å². The third-order valence-corrected chi connectivity index (χ3v) is 3.62. The van der Waals surface area contributed by atoms with Crippen LogP contribution in [0.15, 0.2) is 0 Å². The molecule has 0 aliphatic carbocycles. The van der Waals surface area contributed by atoms with Gasteiger partial charge in [0.25, 0.3) is 0 Å². The van der Waals surface area contributed by atoms with Crippen molar-refractivity contribution in [3.8, 4) is 0 Å². The average Bonchev–Trinajstić information content (AvgIpc) is 2.67. The Morgan fingerprint density at radius 3 is 2.67 bits per heavy atom. The summed E-state index contributed by atoms with van der Waals surface area (Å²) in [6.07, 6.45) is 3.20. The molecule has 1 rings (SSSR count). The second-order valence-electron chi connectivity index (χ2n) is 6.07. The smallest absolute Gasteiger partial charge is 0.220 e. The van der Waals surface area contributed by atoms with Gasteiger partial charge in [0.2, 0.25) is 5.91 Å². The van der Waals surface area contributed by atoms with Crippen LogP contribution in [0, 0.1) is 19.8 Å². The molecule has 1 aromatic heterocycles. The summed E-state index contributed by atoms with van der Waals surface area (Å²) in [6.45, 7) is 10.8. The Bertz CT molecular complexity index is 451. The van der Waals surface area contributed by atoms with E-state index in [1.54, 1.807) is 0 Å². The number of carbonyl (C=O) groups excluding carboxylic acids is 1. The second kappa shape index (κ2) is 8.82. The molecular formula is C16H30N4O. The first-order chi connectivity index (χ1) is 9.95. The normalized spacial score (nSPS) is 11.1. The van der Waals surface area contributed by atoms with E-state index in [-0.39, 0.29) is 5.91 Å². The molecule has 3 N–H and O–H groups in total. The van der Waals surface area contributed by atoms with Crippen LogP contribution in [-0.2, 0) is 17.8 Å².